The van der Waals surface area contributed by atoms with Crippen LogP contribution in [0.3, 0.4) is 0 Å². The fraction of sp³-hybridized carbons (Fsp3) is 0.316. The van der Waals surface area contributed by atoms with Gasteiger partial charge in [-0.1, -0.05) is 18.6 Å². The van der Waals surface area contributed by atoms with E-state index in [9.17, 15) is 9.90 Å². The van der Waals surface area contributed by atoms with Gasteiger partial charge in [0.15, 0.2) is 0 Å². The van der Waals surface area contributed by atoms with Gasteiger partial charge in [-0.2, -0.15) is 0 Å². The number of nitrogen functional groups attached to an aromatic ring is 2. The number of aliphatic hydroxyl groups is 1. The fourth-order valence-electron chi connectivity index (χ4n) is 2.53. The van der Waals surface area contributed by atoms with Crippen LogP contribution in [0.5, 0.6) is 0 Å². The second kappa shape index (κ2) is 9.54. The second-order valence-corrected chi connectivity index (χ2v) is 6.06. The Labute approximate surface area is 148 Å². The molecule has 134 valence electrons. The van der Waals surface area contributed by atoms with E-state index in [1.54, 1.807) is 30.3 Å². The molecule has 0 aliphatic rings. The molecule has 7 N–H and O–H groups in total. The zero-order valence-corrected chi connectivity index (χ0v) is 14.2. The van der Waals surface area contributed by atoms with E-state index in [4.69, 9.17) is 11.5 Å². The van der Waals surface area contributed by atoms with Crippen LogP contribution in [-0.2, 0) is 4.79 Å². The first-order valence-electron chi connectivity index (χ1n) is 8.48. The molecule has 2 aromatic carbocycles. The number of carbonyl (C=O) groups is 1. The van der Waals surface area contributed by atoms with Crippen molar-refractivity contribution >= 4 is 28.7 Å². The molecular weight excluding hydrogens is 316 g/mol. The summed E-state index contributed by atoms with van der Waals surface area (Å²) in [6, 6.07) is 14.4. The third-order valence-electron chi connectivity index (χ3n) is 3.77. The summed E-state index contributed by atoms with van der Waals surface area (Å²) in [6.07, 6.45) is 2.93. The van der Waals surface area contributed by atoms with Gasteiger partial charge in [-0.15, -0.1) is 0 Å². The molecule has 25 heavy (non-hydrogen) atoms. The molecule has 0 bridgehead atoms. The van der Waals surface area contributed by atoms with Crippen molar-refractivity contribution in [3.8, 4) is 0 Å². The molecule has 6 nitrogen and oxygen atoms in total. The van der Waals surface area contributed by atoms with Crippen LogP contribution >= 0.6 is 0 Å². The smallest absolute Gasteiger partial charge is 0.224 e. The number of aliphatic hydroxyl groups excluding tert-OH is 1. The third-order valence-corrected chi connectivity index (χ3v) is 3.77. The van der Waals surface area contributed by atoms with Gasteiger partial charge in [0.2, 0.25) is 5.91 Å². The highest BCUT2D eigenvalue weighted by Crippen LogP contribution is 2.15. The molecule has 6 heteroatoms. The van der Waals surface area contributed by atoms with Crippen LogP contribution in [0, 0.1) is 0 Å². The molecule has 0 aliphatic carbocycles. The van der Waals surface area contributed by atoms with E-state index in [0.717, 1.165) is 24.9 Å². The summed E-state index contributed by atoms with van der Waals surface area (Å²) in [4.78, 5) is 11.9. The zero-order chi connectivity index (χ0) is 18.1. The highest BCUT2D eigenvalue weighted by molar-refractivity contribution is 5.91. The van der Waals surface area contributed by atoms with Crippen LogP contribution in [0.1, 0.15) is 32.1 Å². The number of hydrogen-bond acceptors (Lipinski definition) is 5. The maximum Gasteiger partial charge on any atom is 0.224 e. The van der Waals surface area contributed by atoms with E-state index in [1.165, 1.54) is 0 Å². The van der Waals surface area contributed by atoms with Crippen LogP contribution in [0.15, 0.2) is 48.5 Å². The number of benzene rings is 2. The van der Waals surface area contributed by atoms with Crippen LogP contribution in [0.4, 0.5) is 22.7 Å². The summed E-state index contributed by atoms with van der Waals surface area (Å²) in [6.45, 7) is 0. The Morgan fingerprint density at radius 1 is 0.960 bits per heavy atom. The molecular formula is C19H26N4O2. The molecule has 0 fully saturated rings. The first-order chi connectivity index (χ1) is 12.0. The van der Waals surface area contributed by atoms with E-state index in [1.807, 2.05) is 18.2 Å². The van der Waals surface area contributed by atoms with Crippen molar-refractivity contribution < 1.29 is 9.90 Å². The van der Waals surface area contributed by atoms with Gasteiger partial charge < -0.3 is 27.2 Å². The molecule has 2 rings (SSSR count). The zero-order valence-electron chi connectivity index (χ0n) is 14.2. The molecule has 1 amide bonds. The van der Waals surface area contributed by atoms with E-state index in [-0.39, 0.29) is 5.91 Å². The van der Waals surface area contributed by atoms with Gasteiger partial charge in [-0.25, -0.2) is 0 Å². The number of anilines is 4. The Kier molecular flexibility index (Phi) is 7.10. The SMILES string of the molecule is Nc1cccc(NC(=O)CCCCCC(O)Nc2cccc(N)c2)c1. The first kappa shape index (κ1) is 18.6. The summed E-state index contributed by atoms with van der Waals surface area (Å²) in [5.41, 5.74) is 14.2. The van der Waals surface area contributed by atoms with Crippen molar-refractivity contribution in [3.63, 3.8) is 0 Å². The third kappa shape index (κ3) is 7.14. The lowest BCUT2D eigenvalue weighted by molar-refractivity contribution is -0.116. The molecule has 1 atom stereocenters. The maximum atomic E-state index is 11.9. The minimum Gasteiger partial charge on any atom is -0.399 e. The summed E-state index contributed by atoms with van der Waals surface area (Å²) < 4.78 is 0. The lowest BCUT2D eigenvalue weighted by Crippen LogP contribution is -2.18. The Morgan fingerprint density at radius 2 is 1.60 bits per heavy atom. The van der Waals surface area contributed by atoms with Gasteiger partial charge in [-0.05, 0) is 55.7 Å². The summed E-state index contributed by atoms with van der Waals surface area (Å²) in [5, 5.41) is 15.8. The van der Waals surface area contributed by atoms with Crippen molar-refractivity contribution in [1.29, 1.82) is 0 Å². The maximum absolute atomic E-state index is 11.9. The lowest BCUT2D eigenvalue weighted by Gasteiger charge is -2.14. The number of rotatable bonds is 9. The largest absolute Gasteiger partial charge is 0.399 e. The minimum absolute atomic E-state index is 0.0240. The molecule has 0 spiro atoms. The molecule has 2 aromatic rings. The molecule has 1 unspecified atom stereocenters. The fourth-order valence-corrected chi connectivity index (χ4v) is 2.53. The molecule has 0 heterocycles. The van der Waals surface area contributed by atoms with Crippen LogP contribution < -0.4 is 22.1 Å². The van der Waals surface area contributed by atoms with Crippen molar-refractivity contribution in [1.82, 2.24) is 0 Å². The van der Waals surface area contributed by atoms with E-state index in [2.05, 4.69) is 10.6 Å². The van der Waals surface area contributed by atoms with Crippen molar-refractivity contribution in [3.05, 3.63) is 48.5 Å². The van der Waals surface area contributed by atoms with Gasteiger partial charge >= 0.3 is 0 Å². The number of nitrogens with two attached hydrogens (primary N) is 2. The Balaban J connectivity index is 1.58. The van der Waals surface area contributed by atoms with Crippen LogP contribution in [0.25, 0.3) is 0 Å². The first-order valence-corrected chi connectivity index (χ1v) is 8.48. The molecule has 0 aromatic heterocycles. The number of nitrogens with one attached hydrogen (secondary N) is 2. The monoisotopic (exact) mass is 342 g/mol. The predicted octanol–water partition coefficient (Wildman–Crippen LogP) is 3.17. The number of unbranched alkanes of at least 4 members (excludes halogenated alkanes) is 2. The average Bonchev–Trinajstić information content (AvgIpc) is 2.54. The quantitative estimate of drug-likeness (QED) is 0.273. The molecule has 0 radical (unpaired) electrons. The predicted molar refractivity (Wildman–Crippen MR) is 103 cm³/mol. The minimum atomic E-state index is -0.622. The van der Waals surface area contributed by atoms with Crippen LogP contribution in [-0.4, -0.2) is 17.2 Å². The van der Waals surface area contributed by atoms with E-state index in [0.29, 0.717) is 29.9 Å². The van der Waals surface area contributed by atoms with Crippen LogP contribution in [0.2, 0.25) is 0 Å². The van der Waals surface area contributed by atoms with Gasteiger partial charge in [0.1, 0.15) is 6.23 Å². The summed E-state index contributed by atoms with van der Waals surface area (Å²) >= 11 is 0. The second-order valence-electron chi connectivity index (χ2n) is 6.06. The van der Waals surface area contributed by atoms with Gasteiger partial charge in [0.25, 0.3) is 0 Å². The van der Waals surface area contributed by atoms with Gasteiger partial charge in [-0.3, -0.25) is 4.79 Å². The van der Waals surface area contributed by atoms with Gasteiger partial charge in [0.05, 0.1) is 0 Å². The van der Waals surface area contributed by atoms with Crippen molar-refractivity contribution in [2.45, 2.75) is 38.3 Å². The van der Waals surface area contributed by atoms with E-state index >= 15 is 0 Å². The number of carbonyl (C=O) groups excluding carboxylic acids is 1. The standard InChI is InChI=1S/C19H26N4O2/c20-14-6-4-8-16(12-14)22-18(24)10-2-1-3-11-19(25)23-17-9-5-7-15(21)13-17/h4-9,12-13,18,22,24H,1-3,10-11,20-21H2,(H,23,25). The normalized spacial score (nSPS) is 11.7. The summed E-state index contributed by atoms with van der Waals surface area (Å²) in [7, 11) is 0. The Hall–Kier alpha value is -2.73. The lowest BCUT2D eigenvalue weighted by atomic mass is 10.1. The molecule has 0 saturated heterocycles. The number of amides is 1. The van der Waals surface area contributed by atoms with Gasteiger partial charge in [0, 0.05) is 29.2 Å². The highest BCUT2D eigenvalue weighted by atomic mass is 16.3. The topological polar surface area (TPSA) is 113 Å². The van der Waals surface area contributed by atoms with Crippen molar-refractivity contribution in [2.75, 3.05) is 22.1 Å². The summed E-state index contributed by atoms with van der Waals surface area (Å²) in [5.74, 6) is -0.0240. The highest BCUT2D eigenvalue weighted by Gasteiger charge is 2.06. The molecule has 0 saturated carbocycles. The average molecular weight is 342 g/mol. The Morgan fingerprint density at radius 3 is 2.28 bits per heavy atom. The van der Waals surface area contributed by atoms with Crippen molar-refractivity contribution in [2.24, 2.45) is 0 Å². The number of hydrogen-bond donors (Lipinski definition) is 5. The Bertz CT molecular complexity index is 691. The van der Waals surface area contributed by atoms with E-state index < -0.39 is 6.23 Å². The molecule has 0 aliphatic heterocycles.